The SMILES string of the molecule is O=C1CN(CCCCC(=O)N2CCCC2)C(=O)N1. The van der Waals surface area contributed by atoms with Gasteiger partial charge in [0.05, 0.1) is 0 Å². The number of carbonyl (C=O) groups is 3. The fraction of sp³-hybridized carbons (Fsp3) is 0.750. The van der Waals surface area contributed by atoms with E-state index in [1.165, 1.54) is 4.90 Å². The normalized spacial score (nSPS) is 19.6. The molecule has 0 unspecified atom stereocenters. The van der Waals surface area contributed by atoms with E-state index in [4.69, 9.17) is 0 Å². The van der Waals surface area contributed by atoms with Crippen LogP contribution in [0, 0.1) is 0 Å². The fourth-order valence-corrected chi connectivity index (χ4v) is 2.37. The summed E-state index contributed by atoms with van der Waals surface area (Å²) in [6, 6.07) is -0.314. The second-order valence-electron chi connectivity index (χ2n) is 4.82. The molecular weight excluding hydrogens is 234 g/mol. The predicted molar refractivity (Wildman–Crippen MR) is 64.8 cm³/mol. The van der Waals surface area contributed by atoms with Crippen LogP contribution in [-0.2, 0) is 9.59 Å². The molecular formula is C12H19N3O3. The Morgan fingerprint density at radius 1 is 1.17 bits per heavy atom. The zero-order chi connectivity index (χ0) is 13.0. The minimum Gasteiger partial charge on any atom is -0.343 e. The summed E-state index contributed by atoms with van der Waals surface area (Å²) in [5.74, 6) is -0.0254. The third-order valence-electron chi connectivity index (χ3n) is 3.40. The van der Waals surface area contributed by atoms with Gasteiger partial charge in [-0.3, -0.25) is 14.9 Å². The van der Waals surface area contributed by atoms with Crippen molar-refractivity contribution < 1.29 is 14.4 Å². The number of unbranched alkanes of at least 4 members (excludes halogenated alkanes) is 1. The largest absolute Gasteiger partial charge is 0.343 e. The highest BCUT2D eigenvalue weighted by Crippen LogP contribution is 2.11. The van der Waals surface area contributed by atoms with Crippen LogP contribution in [0.4, 0.5) is 4.79 Å². The van der Waals surface area contributed by atoms with Crippen molar-refractivity contribution in [1.29, 1.82) is 0 Å². The second kappa shape index (κ2) is 5.84. The van der Waals surface area contributed by atoms with Crippen molar-refractivity contribution in [1.82, 2.24) is 15.1 Å². The second-order valence-corrected chi connectivity index (χ2v) is 4.82. The molecule has 0 spiro atoms. The number of rotatable bonds is 5. The standard InChI is InChI=1S/C12H19N3O3/c16-10-9-15(12(18)13-10)8-2-1-5-11(17)14-6-3-4-7-14/h1-9H2,(H,13,16,18). The summed E-state index contributed by atoms with van der Waals surface area (Å²) >= 11 is 0. The van der Waals surface area contributed by atoms with Crippen molar-refractivity contribution in [3.05, 3.63) is 0 Å². The quantitative estimate of drug-likeness (QED) is 0.567. The van der Waals surface area contributed by atoms with E-state index in [2.05, 4.69) is 5.32 Å². The molecule has 18 heavy (non-hydrogen) atoms. The third kappa shape index (κ3) is 3.21. The van der Waals surface area contributed by atoms with E-state index in [9.17, 15) is 14.4 Å². The maximum atomic E-state index is 11.7. The molecule has 0 aromatic carbocycles. The van der Waals surface area contributed by atoms with Gasteiger partial charge >= 0.3 is 6.03 Å². The van der Waals surface area contributed by atoms with Gasteiger partial charge in [-0.1, -0.05) is 0 Å². The number of urea groups is 1. The van der Waals surface area contributed by atoms with Crippen molar-refractivity contribution in [2.75, 3.05) is 26.2 Å². The van der Waals surface area contributed by atoms with Gasteiger partial charge in [0, 0.05) is 26.1 Å². The molecule has 2 fully saturated rings. The van der Waals surface area contributed by atoms with Crippen LogP contribution in [0.1, 0.15) is 32.1 Å². The zero-order valence-corrected chi connectivity index (χ0v) is 10.5. The van der Waals surface area contributed by atoms with Gasteiger partial charge in [-0.05, 0) is 25.7 Å². The first kappa shape index (κ1) is 12.9. The smallest absolute Gasteiger partial charge is 0.324 e. The number of imide groups is 1. The Kier molecular flexibility index (Phi) is 4.17. The molecule has 0 aliphatic carbocycles. The van der Waals surface area contributed by atoms with E-state index in [1.807, 2.05) is 4.90 Å². The summed E-state index contributed by atoms with van der Waals surface area (Å²) in [6.07, 6.45) is 4.31. The van der Waals surface area contributed by atoms with E-state index in [1.54, 1.807) is 0 Å². The maximum absolute atomic E-state index is 11.7. The van der Waals surface area contributed by atoms with Crippen LogP contribution < -0.4 is 5.32 Å². The van der Waals surface area contributed by atoms with Crippen LogP contribution in [0.25, 0.3) is 0 Å². The van der Waals surface area contributed by atoms with Gasteiger partial charge in [0.2, 0.25) is 11.8 Å². The summed E-state index contributed by atoms with van der Waals surface area (Å²) in [5.41, 5.74) is 0. The number of carbonyl (C=O) groups excluding carboxylic acids is 3. The number of hydrogen-bond donors (Lipinski definition) is 1. The Morgan fingerprint density at radius 3 is 2.50 bits per heavy atom. The number of likely N-dealkylation sites (tertiary alicyclic amines) is 1. The highest BCUT2D eigenvalue weighted by molar-refractivity contribution is 6.01. The number of nitrogens with zero attached hydrogens (tertiary/aromatic N) is 2. The molecule has 0 radical (unpaired) electrons. The summed E-state index contributed by atoms with van der Waals surface area (Å²) < 4.78 is 0. The summed E-state index contributed by atoms with van der Waals surface area (Å²) in [4.78, 5) is 37.3. The molecule has 6 nitrogen and oxygen atoms in total. The lowest BCUT2D eigenvalue weighted by molar-refractivity contribution is -0.130. The summed E-state index contributed by atoms with van der Waals surface area (Å²) in [5, 5.41) is 2.23. The number of amides is 4. The van der Waals surface area contributed by atoms with Gasteiger partial charge < -0.3 is 9.80 Å². The molecule has 1 N–H and O–H groups in total. The minimum atomic E-state index is -0.314. The lowest BCUT2D eigenvalue weighted by Crippen LogP contribution is -2.30. The molecule has 0 saturated carbocycles. The molecule has 2 saturated heterocycles. The summed E-state index contributed by atoms with van der Waals surface area (Å²) in [6.45, 7) is 2.48. The van der Waals surface area contributed by atoms with Gasteiger partial charge in [0.25, 0.3) is 0 Å². The van der Waals surface area contributed by atoms with Crippen molar-refractivity contribution in [2.24, 2.45) is 0 Å². The van der Waals surface area contributed by atoms with Crippen LogP contribution in [0.2, 0.25) is 0 Å². The van der Waals surface area contributed by atoms with Crippen LogP contribution in [0.15, 0.2) is 0 Å². The Labute approximate surface area is 106 Å². The first-order valence-electron chi connectivity index (χ1n) is 6.53. The topological polar surface area (TPSA) is 69.7 Å². The van der Waals surface area contributed by atoms with E-state index in [0.717, 1.165) is 38.8 Å². The lowest BCUT2D eigenvalue weighted by atomic mass is 10.2. The molecule has 2 aliphatic heterocycles. The van der Waals surface area contributed by atoms with Gasteiger partial charge in [-0.15, -0.1) is 0 Å². The lowest BCUT2D eigenvalue weighted by Gasteiger charge is -2.16. The van der Waals surface area contributed by atoms with Crippen LogP contribution in [-0.4, -0.2) is 53.8 Å². The zero-order valence-electron chi connectivity index (χ0n) is 10.5. The minimum absolute atomic E-state index is 0.152. The van der Waals surface area contributed by atoms with Gasteiger partial charge in [-0.2, -0.15) is 0 Å². The number of nitrogens with one attached hydrogen (secondary N) is 1. The van der Waals surface area contributed by atoms with E-state index >= 15 is 0 Å². The van der Waals surface area contributed by atoms with Crippen molar-refractivity contribution in [3.8, 4) is 0 Å². The Bertz CT molecular complexity index is 350. The predicted octanol–water partition coefficient (Wildman–Crippen LogP) is 0.331. The first-order valence-corrected chi connectivity index (χ1v) is 6.53. The average Bonchev–Trinajstić information content (AvgIpc) is 2.94. The Balaban J connectivity index is 1.59. The first-order chi connectivity index (χ1) is 8.66. The molecule has 0 aromatic heterocycles. The molecule has 2 aliphatic rings. The highest BCUT2D eigenvalue weighted by atomic mass is 16.2. The van der Waals surface area contributed by atoms with E-state index in [-0.39, 0.29) is 24.4 Å². The molecule has 100 valence electrons. The van der Waals surface area contributed by atoms with Crippen LogP contribution >= 0.6 is 0 Å². The molecule has 2 heterocycles. The maximum Gasteiger partial charge on any atom is 0.324 e. The molecule has 0 bridgehead atoms. The van der Waals surface area contributed by atoms with Crippen molar-refractivity contribution in [3.63, 3.8) is 0 Å². The van der Waals surface area contributed by atoms with Crippen molar-refractivity contribution in [2.45, 2.75) is 32.1 Å². The Morgan fingerprint density at radius 2 is 1.89 bits per heavy atom. The Hall–Kier alpha value is -1.59. The van der Waals surface area contributed by atoms with Crippen LogP contribution in [0.3, 0.4) is 0 Å². The van der Waals surface area contributed by atoms with E-state index in [0.29, 0.717) is 13.0 Å². The van der Waals surface area contributed by atoms with Gasteiger partial charge in [-0.25, -0.2) is 4.79 Å². The average molecular weight is 253 g/mol. The molecule has 4 amide bonds. The van der Waals surface area contributed by atoms with Gasteiger partial charge in [0.1, 0.15) is 6.54 Å². The summed E-state index contributed by atoms with van der Waals surface area (Å²) in [7, 11) is 0. The molecule has 0 aromatic rings. The monoisotopic (exact) mass is 253 g/mol. The molecule has 6 heteroatoms. The highest BCUT2D eigenvalue weighted by Gasteiger charge is 2.25. The number of hydrogen-bond acceptors (Lipinski definition) is 3. The van der Waals surface area contributed by atoms with Crippen molar-refractivity contribution >= 4 is 17.8 Å². The van der Waals surface area contributed by atoms with Gasteiger partial charge in [0.15, 0.2) is 0 Å². The van der Waals surface area contributed by atoms with E-state index < -0.39 is 0 Å². The molecule has 0 atom stereocenters. The third-order valence-corrected chi connectivity index (χ3v) is 3.40. The van der Waals surface area contributed by atoms with Crippen LogP contribution in [0.5, 0.6) is 0 Å². The fourth-order valence-electron chi connectivity index (χ4n) is 2.37. The molecule has 2 rings (SSSR count).